The highest BCUT2D eigenvalue weighted by Crippen LogP contribution is 2.23. The van der Waals surface area contributed by atoms with Gasteiger partial charge in [0.15, 0.2) is 0 Å². The van der Waals surface area contributed by atoms with E-state index < -0.39 is 11.8 Å². The lowest BCUT2D eigenvalue weighted by molar-refractivity contribution is -0.114. The number of amides is 3. The smallest absolute Gasteiger partial charge is 0.272 e. The van der Waals surface area contributed by atoms with E-state index in [4.69, 9.17) is 4.74 Å². The number of ether oxygens (including phenoxy) is 1. The first-order valence-corrected chi connectivity index (χ1v) is 14.1. The van der Waals surface area contributed by atoms with E-state index in [1.165, 1.54) is 11.8 Å². The fraction of sp³-hybridized carbons (Fsp3) is 0.0606. The molecule has 8 nitrogen and oxygen atoms in total. The SMILES string of the molecule is COc1ccc(/C=C(/NC(=O)c2ccccc2)C(=O)Nc2cccc(SCC(=O)Nc3ccc4cc[nH]c4c3)c2)cc1. The Morgan fingerprint density at radius 2 is 1.62 bits per heavy atom. The standard InChI is InChI=1S/C33H28N4O4S/c1-41-27-14-10-22(11-15-27)18-30(37-32(39)24-6-3-2-4-7-24)33(40)36-25-8-5-9-28(19-25)42-21-31(38)35-26-13-12-23-16-17-34-29(23)20-26/h2-20,34H,21H2,1H3,(H,35,38)(H,36,40)(H,37,39)/b30-18+. The molecule has 0 radical (unpaired) electrons. The van der Waals surface area contributed by atoms with Crippen molar-refractivity contribution in [3.05, 3.63) is 126 Å². The van der Waals surface area contributed by atoms with Gasteiger partial charge in [0.05, 0.1) is 12.9 Å². The molecule has 5 rings (SSSR count). The van der Waals surface area contributed by atoms with Gasteiger partial charge >= 0.3 is 0 Å². The first-order chi connectivity index (χ1) is 20.5. The number of carbonyl (C=O) groups is 3. The molecule has 0 aliphatic heterocycles. The monoisotopic (exact) mass is 576 g/mol. The third kappa shape index (κ3) is 7.47. The average Bonchev–Trinajstić information content (AvgIpc) is 3.49. The summed E-state index contributed by atoms with van der Waals surface area (Å²) in [5.41, 5.74) is 3.40. The van der Waals surface area contributed by atoms with Gasteiger partial charge in [-0.1, -0.05) is 42.5 Å². The van der Waals surface area contributed by atoms with Crippen molar-refractivity contribution in [2.75, 3.05) is 23.5 Å². The molecule has 42 heavy (non-hydrogen) atoms. The molecule has 0 atom stereocenters. The van der Waals surface area contributed by atoms with Crippen molar-refractivity contribution in [3.8, 4) is 5.75 Å². The summed E-state index contributed by atoms with van der Waals surface area (Å²) in [4.78, 5) is 42.8. The number of aromatic amines is 1. The number of anilines is 2. The summed E-state index contributed by atoms with van der Waals surface area (Å²) in [6.07, 6.45) is 3.45. The summed E-state index contributed by atoms with van der Waals surface area (Å²) in [6.45, 7) is 0. The van der Waals surface area contributed by atoms with Gasteiger partial charge in [-0.25, -0.2) is 0 Å². The zero-order chi connectivity index (χ0) is 29.3. The van der Waals surface area contributed by atoms with Gasteiger partial charge in [0.25, 0.3) is 11.8 Å². The molecule has 1 heterocycles. The number of carbonyl (C=O) groups excluding carboxylic acids is 3. The van der Waals surface area contributed by atoms with Crippen LogP contribution in [0.25, 0.3) is 17.0 Å². The zero-order valence-electron chi connectivity index (χ0n) is 22.7. The molecule has 0 aliphatic rings. The number of methoxy groups -OCH3 is 1. The molecule has 1 aromatic heterocycles. The van der Waals surface area contributed by atoms with Gasteiger partial charge in [-0.2, -0.15) is 0 Å². The van der Waals surface area contributed by atoms with Gasteiger partial charge < -0.3 is 25.7 Å². The first-order valence-electron chi connectivity index (χ1n) is 13.1. The molecule has 4 aromatic carbocycles. The third-order valence-electron chi connectivity index (χ3n) is 6.26. The largest absolute Gasteiger partial charge is 0.497 e. The van der Waals surface area contributed by atoms with Crippen LogP contribution in [-0.2, 0) is 9.59 Å². The Morgan fingerprint density at radius 1 is 0.833 bits per heavy atom. The number of benzene rings is 4. The fourth-order valence-electron chi connectivity index (χ4n) is 4.14. The minimum Gasteiger partial charge on any atom is -0.497 e. The van der Waals surface area contributed by atoms with E-state index >= 15 is 0 Å². The second-order valence-corrected chi connectivity index (χ2v) is 10.3. The van der Waals surface area contributed by atoms with E-state index in [-0.39, 0.29) is 17.4 Å². The van der Waals surface area contributed by atoms with Gasteiger partial charge in [0, 0.05) is 33.5 Å². The maximum Gasteiger partial charge on any atom is 0.272 e. The number of nitrogens with one attached hydrogen (secondary N) is 4. The second-order valence-electron chi connectivity index (χ2n) is 9.25. The summed E-state index contributed by atoms with van der Waals surface area (Å²) >= 11 is 1.35. The van der Waals surface area contributed by atoms with Crippen molar-refractivity contribution >= 4 is 57.8 Å². The summed E-state index contributed by atoms with van der Waals surface area (Å²) in [6, 6.07) is 30.7. The number of aromatic nitrogens is 1. The van der Waals surface area contributed by atoms with Crippen LogP contribution in [0.15, 0.2) is 120 Å². The van der Waals surface area contributed by atoms with Crippen LogP contribution in [0.1, 0.15) is 15.9 Å². The summed E-state index contributed by atoms with van der Waals surface area (Å²) in [5, 5.41) is 9.58. The Hall–Kier alpha value is -5.28. The first kappa shape index (κ1) is 28.3. The Kier molecular flexibility index (Phi) is 9.00. The summed E-state index contributed by atoms with van der Waals surface area (Å²) in [5.74, 6) is -0.175. The Balaban J connectivity index is 1.25. The molecule has 0 bridgehead atoms. The summed E-state index contributed by atoms with van der Waals surface area (Å²) in [7, 11) is 1.58. The van der Waals surface area contributed by atoms with Crippen molar-refractivity contribution in [2.24, 2.45) is 0 Å². The van der Waals surface area contributed by atoms with Crippen LogP contribution in [-0.4, -0.2) is 35.6 Å². The van der Waals surface area contributed by atoms with Crippen molar-refractivity contribution in [1.29, 1.82) is 0 Å². The number of hydrogen-bond acceptors (Lipinski definition) is 5. The second kappa shape index (κ2) is 13.4. The number of thioether (sulfide) groups is 1. The Bertz CT molecular complexity index is 1750. The fourth-order valence-corrected chi connectivity index (χ4v) is 4.90. The molecule has 4 N–H and O–H groups in total. The minimum atomic E-state index is -0.491. The molecular formula is C33H28N4O4S. The maximum absolute atomic E-state index is 13.4. The van der Waals surface area contributed by atoms with E-state index in [2.05, 4.69) is 20.9 Å². The van der Waals surface area contributed by atoms with E-state index in [0.717, 1.165) is 15.8 Å². The van der Waals surface area contributed by atoms with Gasteiger partial charge in [0.2, 0.25) is 5.91 Å². The molecule has 9 heteroatoms. The molecule has 0 fully saturated rings. The highest BCUT2D eigenvalue weighted by molar-refractivity contribution is 8.00. The highest BCUT2D eigenvalue weighted by atomic mass is 32.2. The van der Waals surface area contributed by atoms with Gasteiger partial charge in [-0.15, -0.1) is 11.8 Å². The Morgan fingerprint density at radius 3 is 2.40 bits per heavy atom. The zero-order valence-corrected chi connectivity index (χ0v) is 23.5. The van der Waals surface area contributed by atoms with E-state index in [0.29, 0.717) is 28.3 Å². The third-order valence-corrected chi connectivity index (χ3v) is 7.25. The lowest BCUT2D eigenvalue weighted by Gasteiger charge is -2.12. The number of hydrogen-bond donors (Lipinski definition) is 4. The van der Waals surface area contributed by atoms with E-state index in [1.807, 2.05) is 42.6 Å². The lowest BCUT2D eigenvalue weighted by atomic mass is 10.1. The maximum atomic E-state index is 13.4. The predicted octanol–water partition coefficient (Wildman–Crippen LogP) is 6.32. The highest BCUT2D eigenvalue weighted by Gasteiger charge is 2.16. The van der Waals surface area contributed by atoms with Crippen molar-refractivity contribution in [2.45, 2.75) is 4.90 Å². The van der Waals surface area contributed by atoms with Crippen LogP contribution >= 0.6 is 11.8 Å². The van der Waals surface area contributed by atoms with Crippen LogP contribution in [0, 0.1) is 0 Å². The van der Waals surface area contributed by atoms with Crippen LogP contribution in [0.2, 0.25) is 0 Å². The molecule has 3 amide bonds. The van der Waals surface area contributed by atoms with E-state index in [1.54, 1.807) is 79.9 Å². The number of H-pyrrole nitrogens is 1. The molecule has 0 aliphatic carbocycles. The van der Waals surface area contributed by atoms with Crippen molar-refractivity contribution in [1.82, 2.24) is 10.3 Å². The number of rotatable bonds is 10. The van der Waals surface area contributed by atoms with Gasteiger partial charge in [-0.05, 0) is 77.7 Å². The molecule has 0 spiro atoms. The van der Waals surface area contributed by atoms with Crippen molar-refractivity contribution in [3.63, 3.8) is 0 Å². The molecule has 210 valence electrons. The summed E-state index contributed by atoms with van der Waals surface area (Å²) < 4.78 is 5.21. The van der Waals surface area contributed by atoms with Crippen LogP contribution in [0.3, 0.4) is 0 Å². The lowest BCUT2D eigenvalue weighted by Crippen LogP contribution is -2.30. The molecule has 0 saturated carbocycles. The predicted molar refractivity (Wildman–Crippen MR) is 168 cm³/mol. The van der Waals surface area contributed by atoms with E-state index in [9.17, 15) is 14.4 Å². The van der Waals surface area contributed by atoms with Crippen LogP contribution in [0.4, 0.5) is 11.4 Å². The molecule has 0 saturated heterocycles. The van der Waals surface area contributed by atoms with Crippen LogP contribution in [0.5, 0.6) is 5.75 Å². The van der Waals surface area contributed by atoms with Gasteiger partial charge in [-0.3, -0.25) is 14.4 Å². The molecular weight excluding hydrogens is 548 g/mol. The minimum absolute atomic E-state index is 0.0745. The average molecular weight is 577 g/mol. The Labute approximate surface area is 247 Å². The van der Waals surface area contributed by atoms with Gasteiger partial charge in [0.1, 0.15) is 11.4 Å². The quantitative estimate of drug-likeness (QED) is 0.115. The molecule has 5 aromatic rings. The normalized spacial score (nSPS) is 11.1. The number of fused-ring (bicyclic) bond motifs is 1. The van der Waals surface area contributed by atoms with Crippen LogP contribution < -0.4 is 20.7 Å². The molecule has 0 unspecified atom stereocenters. The van der Waals surface area contributed by atoms with Crippen molar-refractivity contribution < 1.29 is 19.1 Å². The topological polar surface area (TPSA) is 112 Å².